The Morgan fingerprint density at radius 1 is 1.00 bits per heavy atom. The maximum absolute atomic E-state index is 14.2. The minimum Gasteiger partial charge on any atom is -0.495 e. The summed E-state index contributed by atoms with van der Waals surface area (Å²) in [6.07, 6.45) is 0.195. The molecule has 1 fully saturated rings. The molecular formula is C27H30FN3O4S. The van der Waals surface area contributed by atoms with E-state index in [0.29, 0.717) is 31.9 Å². The summed E-state index contributed by atoms with van der Waals surface area (Å²) in [7, 11) is -2.66. The highest BCUT2D eigenvalue weighted by molar-refractivity contribution is 7.89. The van der Waals surface area contributed by atoms with Gasteiger partial charge in [-0.1, -0.05) is 48.5 Å². The maximum atomic E-state index is 14.2. The third kappa shape index (κ3) is 5.85. The molecule has 190 valence electrons. The summed E-state index contributed by atoms with van der Waals surface area (Å²) in [4.78, 5) is 17.1. The average molecular weight is 512 g/mol. The topological polar surface area (TPSA) is 78.9 Å². The third-order valence-electron chi connectivity index (χ3n) is 6.27. The molecule has 1 N–H and O–H groups in total. The highest BCUT2D eigenvalue weighted by atomic mass is 32.2. The number of amides is 1. The van der Waals surface area contributed by atoms with Gasteiger partial charge in [-0.05, 0) is 48.7 Å². The van der Waals surface area contributed by atoms with Crippen molar-refractivity contribution in [2.75, 3.05) is 38.2 Å². The summed E-state index contributed by atoms with van der Waals surface area (Å²) in [5.41, 5.74) is 2.09. The highest BCUT2D eigenvalue weighted by Gasteiger charge is 2.33. The van der Waals surface area contributed by atoms with E-state index in [-0.39, 0.29) is 28.8 Å². The van der Waals surface area contributed by atoms with E-state index in [0.717, 1.165) is 11.1 Å². The van der Waals surface area contributed by atoms with E-state index in [1.54, 1.807) is 42.2 Å². The second-order valence-corrected chi connectivity index (χ2v) is 10.5. The van der Waals surface area contributed by atoms with Gasteiger partial charge in [0.05, 0.1) is 12.8 Å². The Bertz CT molecular complexity index is 1310. The molecule has 0 bridgehead atoms. The Labute approximate surface area is 211 Å². The highest BCUT2D eigenvalue weighted by Crippen LogP contribution is 2.26. The van der Waals surface area contributed by atoms with E-state index in [4.69, 9.17) is 4.74 Å². The number of nitrogens with zero attached hydrogens (tertiary/aromatic N) is 2. The van der Waals surface area contributed by atoms with Gasteiger partial charge in [0, 0.05) is 26.2 Å². The summed E-state index contributed by atoms with van der Waals surface area (Å²) in [6, 6.07) is 19.7. The van der Waals surface area contributed by atoms with Crippen LogP contribution in [-0.2, 0) is 21.2 Å². The Balaban J connectivity index is 1.56. The van der Waals surface area contributed by atoms with Crippen molar-refractivity contribution in [3.8, 4) is 5.75 Å². The summed E-state index contributed by atoms with van der Waals surface area (Å²) in [5, 5.41) is 0. The number of rotatable bonds is 8. The van der Waals surface area contributed by atoms with Crippen LogP contribution in [0.5, 0.6) is 5.75 Å². The van der Waals surface area contributed by atoms with Gasteiger partial charge in [0.25, 0.3) is 0 Å². The largest absolute Gasteiger partial charge is 0.495 e. The van der Waals surface area contributed by atoms with Crippen LogP contribution in [-0.4, -0.2) is 58.6 Å². The first-order valence-electron chi connectivity index (χ1n) is 11.8. The maximum Gasteiger partial charge on any atom is 0.244 e. The first-order chi connectivity index (χ1) is 17.3. The molecule has 1 aliphatic heterocycles. The van der Waals surface area contributed by atoms with E-state index in [2.05, 4.69) is 4.72 Å². The number of para-hydroxylation sites is 1. The molecule has 1 saturated heterocycles. The molecule has 0 aliphatic carbocycles. The molecule has 7 nitrogen and oxygen atoms in total. The standard InChI is InChI=1S/C27H30FN3O4S/c1-20-12-13-25(35-2)26(18-20)36(33,34)29-23(19-21-8-4-3-5-9-21)27(32)31-16-14-30(15-17-31)24-11-7-6-10-22(24)28/h3-13,18,23,29H,14-17,19H2,1-2H3/t23-/m0/s1. The second kappa shape index (κ2) is 11.1. The van der Waals surface area contributed by atoms with E-state index < -0.39 is 16.1 Å². The lowest BCUT2D eigenvalue weighted by Crippen LogP contribution is -2.55. The summed E-state index contributed by atoms with van der Waals surface area (Å²) >= 11 is 0. The molecule has 1 aliphatic rings. The number of carbonyl (C=O) groups is 1. The van der Waals surface area contributed by atoms with Crippen molar-refractivity contribution >= 4 is 21.6 Å². The summed E-state index contributed by atoms with van der Waals surface area (Å²) in [6.45, 7) is 3.40. The van der Waals surface area contributed by atoms with Crippen LogP contribution in [0.1, 0.15) is 11.1 Å². The monoisotopic (exact) mass is 511 g/mol. The Hall–Kier alpha value is -3.43. The molecule has 3 aromatic rings. The molecule has 0 radical (unpaired) electrons. The zero-order valence-corrected chi connectivity index (χ0v) is 21.2. The van der Waals surface area contributed by atoms with Gasteiger partial charge in [-0.3, -0.25) is 4.79 Å². The van der Waals surface area contributed by atoms with Crippen LogP contribution in [0.25, 0.3) is 0 Å². The van der Waals surface area contributed by atoms with Gasteiger partial charge in [0.15, 0.2) is 0 Å². The third-order valence-corrected chi connectivity index (χ3v) is 7.76. The van der Waals surface area contributed by atoms with Crippen molar-refractivity contribution in [2.24, 2.45) is 0 Å². The van der Waals surface area contributed by atoms with E-state index in [1.807, 2.05) is 35.2 Å². The van der Waals surface area contributed by atoms with Gasteiger partial charge < -0.3 is 14.5 Å². The molecule has 4 rings (SSSR count). The number of halogens is 1. The zero-order valence-electron chi connectivity index (χ0n) is 20.4. The number of anilines is 1. The van der Waals surface area contributed by atoms with E-state index in [1.165, 1.54) is 19.2 Å². The fraction of sp³-hybridized carbons (Fsp3) is 0.296. The normalized spacial score (nSPS) is 15.0. The number of ether oxygens (including phenoxy) is 1. The lowest BCUT2D eigenvalue weighted by molar-refractivity contribution is -0.133. The van der Waals surface area contributed by atoms with Gasteiger partial charge in [0.2, 0.25) is 15.9 Å². The van der Waals surface area contributed by atoms with Crippen LogP contribution in [0.15, 0.2) is 77.7 Å². The number of nitrogens with one attached hydrogen (secondary N) is 1. The van der Waals surface area contributed by atoms with Gasteiger partial charge in [-0.15, -0.1) is 0 Å². The summed E-state index contributed by atoms with van der Waals surface area (Å²) < 4.78 is 49.0. The minimum absolute atomic E-state index is 0.0137. The van der Waals surface area contributed by atoms with Crippen LogP contribution in [0.3, 0.4) is 0 Å². The van der Waals surface area contributed by atoms with Gasteiger partial charge in [-0.25, -0.2) is 12.8 Å². The number of benzene rings is 3. The van der Waals surface area contributed by atoms with Crippen LogP contribution < -0.4 is 14.4 Å². The van der Waals surface area contributed by atoms with E-state index in [9.17, 15) is 17.6 Å². The van der Waals surface area contributed by atoms with Crippen molar-refractivity contribution in [3.05, 3.63) is 89.7 Å². The molecule has 3 aromatic carbocycles. The number of piperazine rings is 1. The Kier molecular flexibility index (Phi) is 7.91. The molecule has 0 saturated carbocycles. The zero-order chi connectivity index (χ0) is 25.7. The molecule has 9 heteroatoms. The Morgan fingerprint density at radius 3 is 2.33 bits per heavy atom. The second-order valence-electron chi connectivity index (χ2n) is 8.78. The predicted octanol–water partition coefficient (Wildman–Crippen LogP) is 3.38. The smallest absolute Gasteiger partial charge is 0.244 e. The van der Waals surface area contributed by atoms with Crippen molar-refractivity contribution in [1.82, 2.24) is 9.62 Å². The van der Waals surface area contributed by atoms with Crippen molar-refractivity contribution < 1.29 is 22.3 Å². The first kappa shape index (κ1) is 25.7. The van der Waals surface area contributed by atoms with Crippen molar-refractivity contribution in [3.63, 3.8) is 0 Å². The van der Waals surface area contributed by atoms with E-state index >= 15 is 0 Å². The van der Waals surface area contributed by atoms with Crippen molar-refractivity contribution in [2.45, 2.75) is 24.3 Å². The minimum atomic E-state index is -4.07. The first-order valence-corrected chi connectivity index (χ1v) is 13.3. The molecule has 36 heavy (non-hydrogen) atoms. The fourth-order valence-corrected chi connectivity index (χ4v) is 5.81. The van der Waals surface area contributed by atoms with Crippen LogP contribution in [0.4, 0.5) is 10.1 Å². The van der Waals surface area contributed by atoms with Crippen LogP contribution >= 0.6 is 0 Å². The van der Waals surface area contributed by atoms with Gasteiger partial charge in [-0.2, -0.15) is 4.72 Å². The SMILES string of the molecule is COc1ccc(C)cc1S(=O)(=O)N[C@@H](Cc1ccccc1)C(=O)N1CCN(c2ccccc2F)CC1. The number of carbonyl (C=O) groups excluding carboxylic acids is 1. The van der Waals surface area contributed by atoms with Crippen LogP contribution in [0, 0.1) is 12.7 Å². The van der Waals surface area contributed by atoms with Gasteiger partial charge >= 0.3 is 0 Å². The van der Waals surface area contributed by atoms with Crippen LogP contribution in [0.2, 0.25) is 0 Å². The molecular weight excluding hydrogens is 481 g/mol. The van der Waals surface area contributed by atoms with Crippen molar-refractivity contribution in [1.29, 1.82) is 0 Å². The lowest BCUT2D eigenvalue weighted by Gasteiger charge is -2.37. The molecule has 0 spiro atoms. The number of hydrogen-bond acceptors (Lipinski definition) is 5. The number of sulfonamides is 1. The number of methoxy groups -OCH3 is 1. The summed E-state index contributed by atoms with van der Waals surface area (Å²) in [5.74, 6) is -0.418. The average Bonchev–Trinajstić information content (AvgIpc) is 2.89. The quantitative estimate of drug-likeness (QED) is 0.502. The number of aryl methyl sites for hydroxylation is 1. The Morgan fingerprint density at radius 2 is 1.67 bits per heavy atom. The molecule has 1 heterocycles. The molecule has 1 amide bonds. The number of hydrogen-bond donors (Lipinski definition) is 1. The molecule has 0 unspecified atom stereocenters. The molecule has 0 aromatic heterocycles. The lowest BCUT2D eigenvalue weighted by atomic mass is 10.1. The van der Waals surface area contributed by atoms with Gasteiger partial charge in [0.1, 0.15) is 22.5 Å². The predicted molar refractivity (Wildman–Crippen MR) is 137 cm³/mol. The molecule has 1 atom stereocenters. The fourth-order valence-electron chi connectivity index (χ4n) is 4.37.